The standard InChI is InChI=1S/C12H16O2/c1-2-3-7-11(13)10-14-12-8-5-4-6-9-12/h2,4-6,8-9,11,13H,1,3,7,10H2. The summed E-state index contributed by atoms with van der Waals surface area (Å²) in [4.78, 5) is 0. The van der Waals surface area contributed by atoms with Crippen LogP contribution in [0.3, 0.4) is 0 Å². The van der Waals surface area contributed by atoms with Crippen molar-refractivity contribution in [2.24, 2.45) is 0 Å². The van der Waals surface area contributed by atoms with Crippen molar-refractivity contribution in [1.29, 1.82) is 0 Å². The van der Waals surface area contributed by atoms with Crippen LogP contribution in [-0.4, -0.2) is 17.8 Å². The quantitative estimate of drug-likeness (QED) is 0.701. The Balaban J connectivity index is 2.23. The predicted octanol–water partition coefficient (Wildman–Crippen LogP) is 2.39. The van der Waals surface area contributed by atoms with E-state index in [4.69, 9.17) is 4.74 Å². The van der Waals surface area contributed by atoms with Gasteiger partial charge in [-0.05, 0) is 25.0 Å². The van der Waals surface area contributed by atoms with Gasteiger partial charge in [-0.2, -0.15) is 0 Å². The van der Waals surface area contributed by atoms with Crippen LogP contribution in [0.1, 0.15) is 12.8 Å². The number of ether oxygens (including phenoxy) is 1. The average Bonchev–Trinajstić information content (AvgIpc) is 2.25. The van der Waals surface area contributed by atoms with Crippen LogP contribution in [0.5, 0.6) is 5.75 Å². The summed E-state index contributed by atoms with van der Waals surface area (Å²) in [5, 5.41) is 9.47. The molecule has 0 aliphatic heterocycles. The zero-order chi connectivity index (χ0) is 10.2. The molecule has 1 N–H and O–H groups in total. The maximum absolute atomic E-state index is 9.47. The van der Waals surface area contributed by atoms with E-state index in [1.165, 1.54) is 0 Å². The van der Waals surface area contributed by atoms with Crippen LogP contribution in [0.4, 0.5) is 0 Å². The highest BCUT2D eigenvalue weighted by Gasteiger charge is 2.03. The first-order chi connectivity index (χ1) is 6.83. The molecule has 1 aromatic rings. The van der Waals surface area contributed by atoms with Gasteiger partial charge in [-0.25, -0.2) is 0 Å². The Kier molecular flexibility index (Phi) is 4.79. The number of allylic oxidation sites excluding steroid dienone is 1. The molecule has 0 bridgehead atoms. The molecular formula is C12H16O2. The number of para-hydroxylation sites is 1. The molecule has 2 nitrogen and oxygen atoms in total. The average molecular weight is 192 g/mol. The minimum Gasteiger partial charge on any atom is -0.491 e. The fourth-order valence-electron chi connectivity index (χ4n) is 1.10. The molecule has 76 valence electrons. The highest BCUT2D eigenvalue weighted by atomic mass is 16.5. The second kappa shape index (κ2) is 6.22. The lowest BCUT2D eigenvalue weighted by atomic mass is 10.2. The summed E-state index contributed by atoms with van der Waals surface area (Å²) in [5.41, 5.74) is 0. The van der Waals surface area contributed by atoms with E-state index in [1.54, 1.807) is 6.08 Å². The molecule has 1 atom stereocenters. The van der Waals surface area contributed by atoms with Crippen LogP contribution in [0.15, 0.2) is 43.0 Å². The minimum absolute atomic E-state index is 0.345. The zero-order valence-corrected chi connectivity index (χ0v) is 8.23. The van der Waals surface area contributed by atoms with Gasteiger partial charge in [-0.1, -0.05) is 24.3 Å². The third-order valence-corrected chi connectivity index (χ3v) is 1.89. The summed E-state index contributed by atoms with van der Waals surface area (Å²) in [6, 6.07) is 9.50. The van der Waals surface area contributed by atoms with E-state index in [1.807, 2.05) is 30.3 Å². The van der Waals surface area contributed by atoms with E-state index in [0.29, 0.717) is 13.0 Å². The summed E-state index contributed by atoms with van der Waals surface area (Å²) in [7, 11) is 0. The summed E-state index contributed by atoms with van der Waals surface area (Å²) in [5.74, 6) is 0.796. The van der Waals surface area contributed by atoms with Gasteiger partial charge < -0.3 is 9.84 Å². The highest BCUT2D eigenvalue weighted by Crippen LogP contribution is 2.09. The lowest BCUT2D eigenvalue weighted by molar-refractivity contribution is 0.101. The highest BCUT2D eigenvalue weighted by molar-refractivity contribution is 5.20. The normalized spacial score (nSPS) is 12.1. The molecular weight excluding hydrogens is 176 g/mol. The maximum atomic E-state index is 9.47. The van der Waals surface area contributed by atoms with Crippen LogP contribution in [0, 0.1) is 0 Å². The van der Waals surface area contributed by atoms with Gasteiger partial charge in [0.2, 0.25) is 0 Å². The third kappa shape index (κ3) is 4.10. The Labute approximate surface area is 84.8 Å². The van der Waals surface area contributed by atoms with E-state index in [9.17, 15) is 5.11 Å². The van der Waals surface area contributed by atoms with Gasteiger partial charge in [-0.3, -0.25) is 0 Å². The molecule has 0 saturated heterocycles. The summed E-state index contributed by atoms with van der Waals surface area (Å²) in [6.45, 7) is 3.94. The first kappa shape index (κ1) is 10.8. The van der Waals surface area contributed by atoms with Crippen molar-refractivity contribution >= 4 is 0 Å². The van der Waals surface area contributed by atoms with Crippen LogP contribution in [0.2, 0.25) is 0 Å². The Morgan fingerprint density at radius 1 is 1.36 bits per heavy atom. The number of aliphatic hydroxyl groups is 1. The van der Waals surface area contributed by atoms with Crippen molar-refractivity contribution in [1.82, 2.24) is 0 Å². The van der Waals surface area contributed by atoms with Gasteiger partial charge in [0.05, 0.1) is 6.10 Å². The summed E-state index contributed by atoms with van der Waals surface area (Å²) in [6.07, 6.45) is 2.91. The molecule has 1 rings (SSSR count). The fourth-order valence-corrected chi connectivity index (χ4v) is 1.10. The molecule has 0 radical (unpaired) electrons. The molecule has 0 fully saturated rings. The minimum atomic E-state index is -0.409. The van der Waals surface area contributed by atoms with Crippen LogP contribution < -0.4 is 4.74 Å². The first-order valence-corrected chi connectivity index (χ1v) is 4.79. The molecule has 0 amide bonds. The Morgan fingerprint density at radius 3 is 2.71 bits per heavy atom. The third-order valence-electron chi connectivity index (χ3n) is 1.89. The Hall–Kier alpha value is -1.28. The van der Waals surface area contributed by atoms with Crippen LogP contribution in [-0.2, 0) is 0 Å². The van der Waals surface area contributed by atoms with Crippen LogP contribution in [0.25, 0.3) is 0 Å². The van der Waals surface area contributed by atoms with E-state index in [-0.39, 0.29) is 0 Å². The maximum Gasteiger partial charge on any atom is 0.119 e. The second-order valence-corrected chi connectivity index (χ2v) is 3.14. The second-order valence-electron chi connectivity index (χ2n) is 3.14. The number of rotatable bonds is 6. The number of hydrogen-bond acceptors (Lipinski definition) is 2. The monoisotopic (exact) mass is 192 g/mol. The van der Waals surface area contributed by atoms with Crippen molar-refractivity contribution in [2.75, 3.05) is 6.61 Å². The molecule has 14 heavy (non-hydrogen) atoms. The van der Waals surface area contributed by atoms with Gasteiger partial charge in [0.25, 0.3) is 0 Å². The van der Waals surface area contributed by atoms with E-state index >= 15 is 0 Å². The molecule has 1 unspecified atom stereocenters. The predicted molar refractivity (Wildman–Crippen MR) is 57.4 cm³/mol. The summed E-state index contributed by atoms with van der Waals surface area (Å²) < 4.78 is 5.38. The van der Waals surface area contributed by atoms with Crippen molar-refractivity contribution in [3.8, 4) is 5.75 Å². The first-order valence-electron chi connectivity index (χ1n) is 4.79. The molecule has 2 heteroatoms. The van der Waals surface area contributed by atoms with Crippen molar-refractivity contribution in [2.45, 2.75) is 18.9 Å². The van der Waals surface area contributed by atoms with E-state index in [0.717, 1.165) is 12.2 Å². The van der Waals surface area contributed by atoms with Gasteiger partial charge in [0, 0.05) is 0 Å². The van der Waals surface area contributed by atoms with Gasteiger partial charge in [0.15, 0.2) is 0 Å². The molecule has 0 aliphatic carbocycles. The molecule has 0 aliphatic rings. The van der Waals surface area contributed by atoms with Crippen molar-refractivity contribution in [3.05, 3.63) is 43.0 Å². The lowest BCUT2D eigenvalue weighted by Crippen LogP contribution is -2.16. The van der Waals surface area contributed by atoms with Crippen molar-refractivity contribution in [3.63, 3.8) is 0 Å². The molecule has 1 aromatic carbocycles. The lowest BCUT2D eigenvalue weighted by Gasteiger charge is -2.10. The topological polar surface area (TPSA) is 29.5 Å². The molecule has 0 spiro atoms. The Bertz CT molecular complexity index is 256. The number of benzene rings is 1. The Morgan fingerprint density at radius 2 is 2.07 bits per heavy atom. The number of aliphatic hydroxyl groups excluding tert-OH is 1. The molecule has 0 saturated carbocycles. The van der Waals surface area contributed by atoms with Crippen molar-refractivity contribution < 1.29 is 9.84 Å². The fraction of sp³-hybridized carbons (Fsp3) is 0.333. The van der Waals surface area contributed by atoms with Gasteiger partial charge >= 0.3 is 0 Å². The molecule has 0 aromatic heterocycles. The van der Waals surface area contributed by atoms with Crippen LogP contribution >= 0.6 is 0 Å². The van der Waals surface area contributed by atoms with E-state index in [2.05, 4.69) is 6.58 Å². The largest absolute Gasteiger partial charge is 0.491 e. The molecule has 0 heterocycles. The summed E-state index contributed by atoms with van der Waals surface area (Å²) >= 11 is 0. The number of hydrogen-bond donors (Lipinski definition) is 1. The van der Waals surface area contributed by atoms with Gasteiger partial charge in [-0.15, -0.1) is 6.58 Å². The zero-order valence-electron chi connectivity index (χ0n) is 8.23. The van der Waals surface area contributed by atoms with Gasteiger partial charge in [0.1, 0.15) is 12.4 Å². The SMILES string of the molecule is C=CCCC(O)COc1ccccc1. The van der Waals surface area contributed by atoms with E-state index < -0.39 is 6.10 Å². The smallest absolute Gasteiger partial charge is 0.119 e.